The molecule has 0 aromatic heterocycles. The molecule has 8 atom stereocenters. The summed E-state index contributed by atoms with van der Waals surface area (Å²) >= 11 is 0. The number of likely N-dealkylation sites (N-methyl/N-ethyl adjacent to an activating group) is 1. The summed E-state index contributed by atoms with van der Waals surface area (Å²) in [7, 11) is 2.23. The topological polar surface area (TPSA) is 120 Å². The standard InChI is InChI=1S/C23H31NO7/c1-24-9-8-23-7-3-2-4-14(23)16(24)10-12-5-6-13(11-15(12)23)30-22-19(27)17(25)18(26)20(31-22)21(28)29/h5-6,11,14,16-20,22,25-27H,2-4,7-10H2,1H3,(H,28,29)/t14?,16-,17-,18-,19+,20-,22+,23+/m0/s1. The van der Waals surface area contributed by atoms with E-state index in [1.807, 2.05) is 12.1 Å². The Hall–Kier alpha value is -1.71. The Bertz CT molecular complexity index is 862. The van der Waals surface area contributed by atoms with Gasteiger partial charge in [0.25, 0.3) is 0 Å². The number of carboxylic acid groups (broad SMARTS) is 1. The van der Waals surface area contributed by atoms with Crippen LogP contribution in [0.25, 0.3) is 0 Å². The van der Waals surface area contributed by atoms with Gasteiger partial charge in [-0.15, -0.1) is 0 Å². The molecule has 1 aromatic rings. The van der Waals surface area contributed by atoms with Crippen LogP contribution in [-0.4, -0.2) is 81.6 Å². The van der Waals surface area contributed by atoms with Gasteiger partial charge < -0.3 is 34.8 Å². The smallest absolute Gasteiger partial charge is 0.335 e. The van der Waals surface area contributed by atoms with Crippen molar-refractivity contribution in [3.05, 3.63) is 29.3 Å². The number of aliphatic carboxylic acids is 1. The van der Waals surface area contributed by atoms with E-state index in [-0.39, 0.29) is 5.41 Å². The summed E-state index contributed by atoms with van der Waals surface area (Å²) in [6.45, 7) is 1.07. The molecule has 2 heterocycles. The Kier molecular flexibility index (Phi) is 5.26. The first-order chi connectivity index (χ1) is 14.8. The van der Waals surface area contributed by atoms with Crippen molar-refractivity contribution in [1.29, 1.82) is 0 Å². The van der Waals surface area contributed by atoms with Crippen molar-refractivity contribution in [3.8, 4) is 5.75 Å². The lowest BCUT2D eigenvalue weighted by molar-refractivity contribution is -0.271. The Morgan fingerprint density at radius 2 is 1.97 bits per heavy atom. The highest BCUT2D eigenvalue weighted by Gasteiger charge is 2.53. The van der Waals surface area contributed by atoms with Gasteiger partial charge >= 0.3 is 5.97 Å². The van der Waals surface area contributed by atoms with E-state index in [1.54, 1.807) is 0 Å². The highest BCUT2D eigenvalue weighted by molar-refractivity contribution is 5.73. The van der Waals surface area contributed by atoms with E-state index in [9.17, 15) is 25.2 Å². The number of aliphatic hydroxyl groups excluding tert-OH is 3. The minimum atomic E-state index is -1.73. The number of hydrogen-bond acceptors (Lipinski definition) is 7. The quantitative estimate of drug-likeness (QED) is 0.549. The molecular weight excluding hydrogens is 402 g/mol. The Morgan fingerprint density at radius 3 is 2.74 bits per heavy atom. The molecular formula is C23H31NO7. The van der Waals surface area contributed by atoms with Gasteiger partial charge in [0, 0.05) is 11.5 Å². The SMILES string of the molecule is CN1CC[C@]23CCCCC2[C@@H]1Cc1ccc(O[C@@H]2O[C@H](C(=O)O)[C@@H](O)[C@H](O)[C@H]2O)cc13. The van der Waals surface area contributed by atoms with E-state index in [0.29, 0.717) is 17.7 Å². The van der Waals surface area contributed by atoms with Gasteiger partial charge in [-0.2, -0.15) is 0 Å². The van der Waals surface area contributed by atoms with Crippen LogP contribution in [0.1, 0.15) is 43.2 Å². The van der Waals surface area contributed by atoms with E-state index in [1.165, 1.54) is 30.4 Å². The monoisotopic (exact) mass is 433 g/mol. The van der Waals surface area contributed by atoms with Gasteiger partial charge in [0.1, 0.15) is 24.1 Å². The average molecular weight is 434 g/mol. The van der Waals surface area contributed by atoms with E-state index in [4.69, 9.17) is 9.47 Å². The van der Waals surface area contributed by atoms with Gasteiger partial charge in [0.15, 0.2) is 6.10 Å². The number of aliphatic hydroxyl groups is 3. The third kappa shape index (κ3) is 3.27. The predicted molar refractivity (Wildman–Crippen MR) is 110 cm³/mol. The summed E-state index contributed by atoms with van der Waals surface area (Å²) < 4.78 is 11.2. The Balaban J connectivity index is 1.45. The van der Waals surface area contributed by atoms with Crippen molar-refractivity contribution < 1.29 is 34.7 Å². The van der Waals surface area contributed by atoms with E-state index >= 15 is 0 Å². The molecule has 1 saturated carbocycles. The molecule has 2 bridgehead atoms. The minimum Gasteiger partial charge on any atom is -0.479 e. The van der Waals surface area contributed by atoms with E-state index in [0.717, 1.165) is 25.8 Å². The average Bonchev–Trinajstić information content (AvgIpc) is 2.76. The molecule has 4 N–H and O–H groups in total. The van der Waals surface area contributed by atoms with Crippen LogP contribution < -0.4 is 4.74 Å². The molecule has 8 nitrogen and oxygen atoms in total. The first-order valence-corrected chi connectivity index (χ1v) is 11.2. The third-order valence-corrected chi connectivity index (χ3v) is 8.15. The van der Waals surface area contributed by atoms with Crippen LogP contribution in [0, 0.1) is 5.92 Å². The number of benzene rings is 1. The number of piperidine rings is 1. The van der Waals surface area contributed by atoms with Crippen LogP contribution >= 0.6 is 0 Å². The molecule has 4 aliphatic rings. The van der Waals surface area contributed by atoms with Gasteiger partial charge in [0.2, 0.25) is 6.29 Å². The zero-order chi connectivity index (χ0) is 21.9. The van der Waals surface area contributed by atoms with Crippen LogP contribution in [0.15, 0.2) is 18.2 Å². The second-order valence-corrected chi connectivity index (χ2v) is 9.68. The lowest BCUT2D eigenvalue weighted by Gasteiger charge is -2.58. The number of likely N-dealkylation sites (tertiary alicyclic amines) is 1. The van der Waals surface area contributed by atoms with Crippen LogP contribution in [-0.2, 0) is 21.4 Å². The fourth-order valence-corrected chi connectivity index (χ4v) is 6.53. The molecule has 3 fully saturated rings. The van der Waals surface area contributed by atoms with Crippen LogP contribution in [0.2, 0.25) is 0 Å². The third-order valence-electron chi connectivity index (χ3n) is 8.15. The molecule has 1 unspecified atom stereocenters. The summed E-state index contributed by atoms with van der Waals surface area (Å²) in [6, 6.07) is 6.47. The van der Waals surface area contributed by atoms with Crippen molar-refractivity contribution in [2.45, 2.75) is 80.7 Å². The summed E-state index contributed by atoms with van der Waals surface area (Å²) in [4.78, 5) is 13.9. The maximum atomic E-state index is 11.4. The maximum Gasteiger partial charge on any atom is 0.335 e. The zero-order valence-corrected chi connectivity index (χ0v) is 17.7. The highest BCUT2D eigenvalue weighted by Crippen LogP contribution is 2.56. The molecule has 2 aliphatic carbocycles. The number of nitrogens with zero attached hydrogens (tertiary/aromatic N) is 1. The zero-order valence-electron chi connectivity index (χ0n) is 17.7. The molecule has 31 heavy (non-hydrogen) atoms. The summed E-state index contributed by atoms with van der Waals surface area (Å²) in [5.41, 5.74) is 2.76. The number of fused-ring (bicyclic) bond motifs is 1. The van der Waals surface area contributed by atoms with Crippen molar-refractivity contribution in [1.82, 2.24) is 4.90 Å². The number of ether oxygens (including phenoxy) is 2. The lowest BCUT2D eigenvalue weighted by Crippen LogP contribution is -2.61. The largest absolute Gasteiger partial charge is 0.479 e. The van der Waals surface area contributed by atoms with E-state index < -0.39 is 36.7 Å². The lowest BCUT2D eigenvalue weighted by atomic mass is 9.52. The van der Waals surface area contributed by atoms with Crippen molar-refractivity contribution in [2.75, 3.05) is 13.6 Å². The van der Waals surface area contributed by atoms with Gasteiger partial charge in [-0.25, -0.2) is 4.79 Å². The predicted octanol–water partition coefficient (Wildman–Crippen LogP) is 0.646. The summed E-state index contributed by atoms with van der Waals surface area (Å²) in [5.74, 6) is -0.321. The van der Waals surface area contributed by atoms with Crippen LogP contribution in [0.4, 0.5) is 0 Å². The summed E-state index contributed by atoms with van der Waals surface area (Å²) in [6.07, 6.45) is -1.03. The minimum absolute atomic E-state index is 0.133. The molecule has 5 rings (SSSR count). The fraction of sp³-hybridized carbons (Fsp3) is 0.696. The first kappa shape index (κ1) is 21.2. The number of carbonyl (C=O) groups is 1. The number of hydrogen-bond donors (Lipinski definition) is 4. The second-order valence-electron chi connectivity index (χ2n) is 9.68. The van der Waals surface area contributed by atoms with Crippen molar-refractivity contribution >= 4 is 5.97 Å². The van der Waals surface area contributed by atoms with Crippen molar-refractivity contribution in [3.63, 3.8) is 0 Å². The summed E-state index contributed by atoms with van der Waals surface area (Å²) in [5, 5.41) is 39.5. The van der Waals surface area contributed by atoms with E-state index in [2.05, 4.69) is 18.0 Å². The molecule has 0 amide bonds. The molecule has 2 aliphatic heterocycles. The molecule has 2 saturated heterocycles. The Morgan fingerprint density at radius 1 is 1.16 bits per heavy atom. The second kappa shape index (κ2) is 7.71. The van der Waals surface area contributed by atoms with Gasteiger partial charge in [0.05, 0.1) is 0 Å². The van der Waals surface area contributed by atoms with Crippen LogP contribution in [0.5, 0.6) is 5.75 Å². The van der Waals surface area contributed by atoms with Gasteiger partial charge in [-0.05, 0) is 68.5 Å². The maximum absolute atomic E-state index is 11.4. The highest BCUT2D eigenvalue weighted by atomic mass is 16.7. The molecule has 0 radical (unpaired) electrons. The number of rotatable bonds is 3. The normalized spacial score (nSPS) is 42.4. The molecule has 8 heteroatoms. The Labute approximate surface area is 181 Å². The van der Waals surface area contributed by atoms with Crippen LogP contribution in [0.3, 0.4) is 0 Å². The van der Waals surface area contributed by atoms with Crippen molar-refractivity contribution in [2.24, 2.45) is 5.92 Å². The fourth-order valence-electron chi connectivity index (χ4n) is 6.53. The molecule has 170 valence electrons. The van der Waals surface area contributed by atoms with Gasteiger partial charge in [-0.3, -0.25) is 0 Å². The van der Waals surface area contributed by atoms with Gasteiger partial charge in [-0.1, -0.05) is 18.9 Å². The molecule has 1 aromatic carbocycles. The first-order valence-electron chi connectivity index (χ1n) is 11.2. The molecule has 0 spiro atoms. The number of carboxylic acids is 1.